The lowest BCUT2D eigenvalue weighted by atomic mass is 9.97. The third-order valence-corrected chi connectivity index (χ3v) is 4.54. The molecule has 148 valence electrons. The fraction of sp³-hybridized carbons (Fsp3) is 0.556. The summed E-state index contributed by atoms with van der Waals surface area (Å²) in [5.41, 5.74) is 0.258. The van der Waals surface area contributed by atoms with Gasteiger partial charge in [0.15, 0.2) is 6.10 Å². The number of methoxy groups -OCH3 is 2. The van der Waals surface area contributed by atoms with Gasteiger partial charge in [-0.3, -0.25) is 0 Å². The van der Waals surface area contributed by atoms with Crippen molar-refractivity contribution < 1.29 is 42.4 Å². The number of hydrogen-bond acceptors (Lipinski definition) is 8. The zero-order chi connectivity index (χ0) is 19.6. The molecular formula is C18H21FO8. The molecule has 0 amide bonds. The number of fused-ring (bicyclic) bond motifs is 1. The molecule has 2 aliphatic rings. The SMILES string of the molecule is COC(=O)[C@@]1(C)OC[C@H]2O[C@@H](F)[C@H](OC(=O)c3ccccc3)[C@@H](OC)[C@@H]2O1. The summed E-state index contributed by atoms with van der Waals surface area (Å²) < 4.78 is 46.2. The Kier molecular flexibility index (Phi) is 5.75. The first-order chi connectivity index (χ1) is 12.9. The molecule has 2 heterocycles. The lowest BCUT2D eigenvalue weighted by Gasteiger charge is -2.48. The van der Waals surface area contributed by atoms with Gasteiger partial charge in [0.05, 0.1) is 19.3 Å². The normalized spacial score (nSPS) is 35.8. The molecule has 0 N–H and O–H groups in total. The monoisotopic (exact) mass is 384 g/mol. The van der Waals surface area contributed by atoms with E-state index in [4.69, 9.17) is 23.7 Å². The molecule has 0 aliphatic carbocycles. The maximum Gasteiger partial charge on any atom is 0.366 e. The van der Waals surface area contributed by atoms with Crippen LogP contribution in [0.3, 0.4) is 0 Å². The van der Waals surface area contributed by atoms with Gasteiger partial charge in [0.25, 0.3) is 5.79 Å². The minimum Gasteiger partial charge on any atom is -0.465 e. The van der Waals surface area contributed by atoms with E-state index in [2.05, 4.69) is 4.74 Å². The van der Waals surface area contributed by atoms with Gasteiger partial charge in [-0.25, -0.2) is 14.0 Å². The highest BCUT2D eigenvalue weighted by molar-refractivity contribution is 5.89. The van der Waals surface area contributed by atoms with Crippen LogP contribution in [0.4, 0.5) is 4.39 Å². The van der Waals surface area contributed by atoms with E-state index in [1.54, 1.807) is 30.3 Å². The average molecular weight is 384 g/mol. The number of esters is 2. The van der Waals surface area contributed by atoms with E-state index >= 15 is 0 Å². The summed E-state index contributed by atoms with van der Waals surface area (Å²) in [6.45, 7) is 1.27. The summed E-state index contributed by atoms with van der Waals surface area (Å²) in [7, 11) is 2.52. The van der Waals surface area contributed by atoms with Crippen LogP contribution in [0.2, 0.25) is 0 Å². The maximum atomic E-state index is 14.6. The van der Waals surface area contributed by atoms with Gasteiger partial charge >= 0.3 is 11.9 Å². The molecule has 0 aromatic heterocycles. The molecule has 3 rings (SSSR count). The van der Waals surface area contributed by atoms with Gasteiger partial charge in [-0.05, 0) is 12.1 Å². The molecule has 0 radical (unpaired) electrons. The van der Waals surface area contributed by atoms with Crippen molar-refractivity contribution in [1.82, 2.24) is 0 Å². The van der Waals surface area contributed by atoms with E-state index in [-0.39, 0.29) is 12.2 Å². The van der Waals surface area contributed by atoms with Crippen molar-refractivity contribution in [2.75, 3.05) is 20.8 Å². The zero-order valence-electron chi connectivity index (χ0n) is 15.1. The van der Waals surface area contributed by atoms with E-state index in [0.29, 0.717) is 0 Å². The van der Waals surface area contributed by atoms with Crippen LogP contribution in [0.5, 0.6) is 0 Å². The molecule has 2 fully saturated rings. The van der Waals surface area contributed by atoms with Gasteiger partial charge in [-0.2, -0.15) is 0 Å². The molecule has 0 saturated carbocycles. The Morgan fingerprint density at radius 3 is 2.52 bits per heavy atom. The first-order valence-corrected chi connectivity index (χ1v) is 8.38. The van der Waals surface area contributed by atoms with Gasteiger partial charge in [0.1, 0.15) is 18.3 Å². The first-order valence-electron chi connectivity index (χ1n) is 8.38. The number of halogens is 1. The molecule has 9 heteroatoms. The van der Waals surface area contributed by atoms with Crippen molar-refractivity contribution in [3.05, 3.63) is 35.9 Å². The minimum absolute atomic E-state index is 0.115. The van der Waals surface area contributed by atoms with Crippen LogP contribution >= 0.6 is 0 Å². The van der Waals surface area contributed by atoms with E-state index in [9.17, 15) is 14.0 Å². The van der Waals surface area contributed by atoms with E-state index in [1.807, 2.05) is 0 Å². The summed E-state index contributed by atoms with van der Waals surface area (Å²) in [5.74, 6) is -3.18. The Morgan fingerprint density at radius 1 is 1.19 bits per heavy atom. The van der Waals surface area contributed by atoms with Gasteiger partial charge in [-0.1, -0.05) is 18.2 Å². The molecule has 27 heavy (non-hydrogen) atoms. The molecule has 8 nitrogen and oxygen atoms in total. The van der Waals surface area contributed by atoms with Gasteiger partial charge in [0, 0.05) is 14.0 Å². The Balaban J connectivity index is 1.79. The Morgan fingerprint density at radius 2 is 1.89 bits per heavy atom. The second-order valence-corrected chi connectivity index (χ2v) is 6.29. The Labute approximate surface area is 155 Å². The van der Waals surface area contributed by atoms with E-state index in [0.717, 1.165) is 0 Å². The van der Waals surface area contributed by atoms with Crippen molar-refractivity contribution >= 4 is 11.9 Å². The highest BCUT2D eigenvalue weighted by Gasteiger charge is 2.56. The number of rotatable bonds is 4. The number of alkyl halides is 1. The predicted octanol–water partition coefficient (Wildman–Crippen LogP) is 1.23. The Bertz CT molecular complexity index is 683. The lowest BCUT2D eigenvalue weighted by Crippen LogP contribution is -2.66. The van der Waals surface area contributed by atoms with E-state index < -0.39 is 48.5 Å². The largest absolute Gasteiger partial charge is 0.465 e. The van der Waals surface area contributed by atoms with Crippen molar-refractivity contribution in [3.63, 3.8) is 0 Å². The third-order valence-electron chi connectivity index (χ3n) is 4.54. The quantitative estimate of drug-likeness (QED) is 0.716. The van der Waals surface area contributed by atoms with Gasteiger partial charge in [-0.15, -0.1) is 0 Å². The molecule has 2 saturated heterocycles. The molecule has 0 bridgehead atoms. The Hall–Kier alpha value is -2.07. The smallest absolute Gasteiger partial charge is 0.366 e. The van der Waals surface area contributed by atoms with Crippen LogP contribution in [0.15, 0.2) is 30.3 Å². The number of carbonyl (C=O) groups excluding carboxylic acids is 2. The van der Waals surface area contributed by atoms with Crippen LogP contribution < -0.4 is 0 Å². The van der Waals surface area contributed by atoms with Crippen molar-refractivity contribution in [2.24, 2.45) is 0 Å². The van der Waals surface area contributed by atoms with Crippen LogP contribution in [0, 0.1) is 0 Å². The lowest BCUT2D eigenvalue weighted by molar-refractivity contribution is -0.367. The molecule has 0 unspecified atom stereocenters. The zero-order valence-corrected chi connectivity index (χ0v) is 15.1. The molecule has 1 aromatic carbocycles. The molecule has 6 atom stereocenters. The molecular weight excluding hydrogens is 363 g/mol. The van der Waals surface area contributed by atoms with Gasteiger partial charge < -0.3 is 28.4 Å². The highest BCUT2D eigenvalue weighted by atomic mass is 19.1. The van der Waals surface area contributed by atoms with Crippen molar-refractivity contribution in [2.45, 2.75) is 43.5 Å². The third kappa shape index (κ3) is 3.81. The fourth-order valence-corrected chi connectivity index (χ4v) is 3.13. The summed E-state index contributed by atoms with van der Waals surface area (Å²) in [4.78, 5) is 24.3. The first kappa shape index (κ1) is 19.7. The summed E-state index contributed by atoms with van der Waals surface area (Å²) in [5, 5.41) is 0. The number of benzene rings is 1. The predicted molar refractivity (Wildman–Crippen MR) is 87.5 cm³/mol. The number of ether oxygens (including phenoxy) is 6. The number of hydrogen-bond donors (Lipinski definition) is 0. The van der Waals surface area contributed by atoms with Crippen molar-refractivity contribution in [3.8, 4) is 0 Å². The molecule has 0 spiro atoms. The highest BCUT2D eigenvalue weighted by Crippen LogP contribution is 2.36. The van der Waals surface area contributed by atoms with Crippen molar-refractivity contribution in [1.29, 1.82) is 0 Å². The van der Waals surface area contributed by atoms with Crippen LogP contribution in [-0.4, -0.2) is 69.3 Å². The second kappa shape index (κ2) is 7.89. The second-order valence-electron chi connectivity index (χ2n) is 6.29. The summed E-state index contributed by atoms with van der Waals surface area (Å²) >= 11 is 0. The minimum atomic E-state index is -1.95. The molecule has 2 aliphatic heterocycles. The van der Waals surface area contributed by atoms with Gasteiger partial charge in [0.2, 0.25) is 6.36 Å². The average Bonchev–Trinajstić information content (AvgIpc) is 2.69. The van der Waals surface area contributed by atoms with Crippen LogP contribution in [-0.2, 0) is 33.2 Å². The fourth-order valence-electron chi connectivity index (χ4n) is 3.13. The number of carbonyl (C=O) groups is 2. The topological polar surface area (TPSA) is 89.5 Å². The van der Waals surface area contributed by atoms with Crippen LogP contribution in [0.1, 0.15) is 17.3 Å². The van der Waals surface area contributed by atoms with Crippen LogP contribution in [0.25, 0.3) is 0 Å². The standard InChI is InChI=1S/C18H21FO8/c1-18(17(21)23-3)24-9-11-12(27-18)13(22-2)14(15(19)25-11)26-16(20)10-7-5-4-6-8-10/h4-8,11-15H,9H2,1-3H3/t11-,12-,13+,14-,15-,18+/m1/s1. The van der Waals surface area contributed by atoms with E-state index in [1.165, 1.54) is 21.1 Å². The maximum absolute atomic E-state index is 14.6. The molecule has 1 aromatic rings. The summed E-state index contributed by atoms with van der Waals surface area (Å²) in [6, 6.07) is 8.15. The summed E-state index contributed by atoms with van der Waals surface area (Å²) in [6.07, 6.45) is -6.09.